The highest BCUT2D eigenvalue weighted by Crippen LogP contribution is 2.24. The summed E-state index contributed by atoms with van der Waals surface area (Å²) in [7, 11) is -4.04. The summed E-state index contributed by atoms with van der Waals surface area (Å²) >= 11 is 3.19. The van der Waals surface area contributed by atoms with E-state index < -0.39 is 31.3 Å². The Morgan fingerprint density at radius 2 is 1.90 bits per heavy atom. The van der Waals surface area contributed by atoms with Crippen LogP contribution in [0.15, 0.2) is 51.8 Å². The van der Waals surface area contributed by atoms with E-state index in [1.807, 2.05) is 0 Å². The Morgan fingerprint density at radius 1 is 1.19 bits per heavy atom. The van der Waals surface area contributed by atoms with Gasteiger partial charge in [-0.1, -0.05) is 22.0 Å². The summed E-state index contributed by atoms with van der Waals surface area (Å²) in [4.78, 5) is 9.28. The molecule has 9 heteroatoms. The molecule has 0 aliphatic rings. The largest absolute Gasteiger partial charge is 0.306 e. The molecule has 2 rings (SSSR count). The second-order valence-corrected chi connectivity index (χ2v) is 6.58. The molecule has 21 heavy (non-hydrogen) atoms. The van der Waals surface area contributed by atoms with Gasteiger partial charge in [0, 0.05) is 16.2 Å². The number of benzene rings is 2. The molecule has 6 nitrogen and oxygen atoms in total. The van der Waals surface area contributed by atoms with E-state index in [-0.39, 0.29) is 5.69 Å². The quantitative estimate of drug-likeness (QED) is 0.656. The van der Waals surface area contributed by atoms with Crippen LogP contribution >= 0.6 is 15.9 Å². The summed E-state index contributed by atoms with van der Waals surface area (Å²) in [6.45, 7) is 0. The molecule has 0 aliphatic heterocycles. The van der Waals surface area contributed by atoms with Gasteiger partial charge in [-0.2, -0.15) is 4.39 Å². The van der Waals surface area contributed by atoms with Gasteiger partial charge in [0.25, 0.3) is 10.0 Å². The minimum atomic E-state index is -4.04. The second kappa shape index (κ2) is 5.78. The zero-order valence-electron chi connectivity index (χ0n) is 10.3. The Morgan fingerprint density at radius 3 is 2.52 bits per heavy atom. The average molecular weight is 375 g/mol. The molecule has 2 aromatic carbocycles. The van der Waals surface area contributed by atoms with E-state index in [9.17, 15) is 22.9 Å². The van der Waals surface area contributed by atoms with Gasteiger partial charge in [0.2, 0.25) is 5.82 Å². The molecular formula is C12H8BrFN2O4S. The van der Waals surface area contributed by atoms with Gasteiger partial charge in [0.15, 0.2) is 0 Å². The summed E-state index contributed by atoms with van der Waals surface area (Å²) in [6, 6.07) is 8.75. The van der Waals surface area contributed by atoms with Crippen molar-refractivity contribution in [1.82, 2.24) is 0 Å². The molecule has 0 bridgehead atoms. The Balaban J connectivity index is 2.40. The van der Waals surface area contributed by atoms with Gasteiger partial charge >= 0.3 is 5.69 Å². The van der Waals surface area contributed by atoms with Crippen molar-refractivity contribution in [3.05, 3.63) is 62.9 Å². The number of hydrogen-bond donors (Lipinski definition) is 1. The van der Waals surface area contributed by atoms with Gasteiger partial charge in [-0.05, 0) is 30.3 Å². The third-order valence-corrected chi connectivity index (χ3v) is 4.37. The second-order valence-electron chi connectivity index (χ2n) is 3.99. The molecule has 0 radical (unpaired) electrons. The van der Waals surface area contributed by atoms with Crippen LogP contribution in [-0.4, -0.2) is 13.3 Å². The smallest absolute Gasteiger partial charge is 0.280 e. The van der Waals surface area contributed by atoms with Crippen LogP contribution < -0.4 is 4.72 Å². The molecule has 0 aliphatic carbocycles. The summed E-state index contributed by atoms with van der Waals surface area (Å²) in [5, 5.41) is 10.6. The standard InChI is InChI=1S/C12H8BrFN2O4S/c13-8-2-1-3-9(6-8)15-21(19,20)10-4-5-11(14)12(7-10)16(17)18/h1-7,15H. The van der Waals surface area contributed by atoms with Gasteiger partial charge in [0.05, 0.1) is 9.82 Å². The van der Waals surface area contributed by atoms with Crippen LogP contribution in [0.1, 0.15) is 0 Å². The molecule has 0 atom stereocenters. The maximum Gasteiger partial charge on any atom is 0.306 e. The van der Waals surface area contributed by atoms with E-state index in [1.54, 1.807) is 12.1 Å². The van der Waals surface area contributed by atoms with Crippen LogP contribution in [0.3, 0.4) is 0 Å². The third kappa shape index (κ3) is 3.56. The van der Waals surface area contributed by atoms with E-state index in [4.69, 9.17) is 0 Å². The molecule has 0 saturated carbocycles. The van der Waals surface area contributed by atoms with Crippen LogP contribution in [0.4, 0.5) is 15.8 Å². The lowest BCUT2D eigenvalue weighted by molar-refractivity contribution is -0.387. The van der Waals surface area contributed by atoms with Gasteiger partial charge in [-0.15, -0.1) is 0 Å². The third-order valence-electron chi connectivity index (χ3n) is 2.50. The summed E-state index contributed by atoms with van der Waals surface area (Å²) in [5.74, 6) is -1.10. The van der Waals surface area contributed by atoms with Crippen molar-refractivity contribution in [3.63, 3.8) is 0 Å². The number of nitro benzene ring substituents is 1. The van der Waals surface area contributed by atoms with E-state index in [1.165, 1.54) is 12.1 Å². The molecule has 0 spiro atoms. The zero-order valence-corrected chi connectivity index (χ0v) is 12.7. The minimum Gasteiger partial charge on any atom is -0.280 e. The van der Waals surface area contributed by atoms with Gasteiger partial charge < -0.3 is 0 Å². The van der Waals surface area contributed by atoms with E-state index in [2.05, 4.69) is 20.7 Å². The highest BCUT2D eigenvalue weighted by molar-refractivity contribution is 9.10. The lowest BCUT2D eigenvalue weighted by Crippen LogP contribution is -2.13. The van der Waals surface area contributed by atoms with Gasteiger partial charge in [0.1, 0.15) is 0 Å². The number of rotatable bonds is 4. The number of sulfonamides is 1. The first kappa shape index (κ1) is 15.4. The number of halogens is 2. The van der Waals surface area contributed by atoms with Crippen LogP contribution in [-0.2, 0) is 10.0 Å². The Hall–Kier alpha value is -2.00. The van der Waals surface area contributed by atoms with Crippen LogP contribution in [0.2, 0.25) is 0 Å². The number of hydrogen-bond acceptors (Lipinski definition) is 4. The first-order valence-electron chi connectivity index (χ1n) is 5.52. The fourth-order valence-corrected chi connectivity index (χ4v) is 3.03. The predicted molar refractivity (Wildman–Crippen MR) is 78.0 cm³/mol. The molecule has 0 aromatic heterocycles. The fraction of sp³-hybridized carbons (Fsp3) is 0. The van der Waals surface area contributed by atoms with Gasteiger partial charge in [-0.3, -0.25) is 14.8 Å². The molecule has 110 valence electrons. The summed E-state index contributed by atoms with van der Waals surface area (Å²) < 4.78 is 40.4. The number of anilines is 1. The van der Waals surface area contributed by atoms with Crippen molar-refractivity contribution in [2.45, 2.75) is 4.90 Å². The van der Waals surface area contributed by atoms with Crippen molar-refractivity contribution in [1.29, 1.82) is 0 Å². The molecule has 0 saturated heterocycles. The number of nitro groups is 1. The van der Waals surface area contributed by atoms with Crippen LogP contribution in [0.25, 0.3) is 0 Å². The van der Waals surface area contributed by atoms with Crippen molar-refractivity contribution >= 4 is 37.3 Å². The topological polar surface area (TPSA) is 89.3 Å². The molecule has 0 fully saturated rings. The van der Waals surface area contributed by atoms with Gasteiger partial charge in [-0.25, -0.2) is 8.42 Å². The van der Waals surface area contributed by atoms with E-state index in [0.717, 1.165) is 12.1 Å². The molecule has 0 unspecified atom stereocenters. The first-order chi connectivity index (χ1) is 9.79. The Labute approximate surface area is 127 Å². The maximum atomic E-state index is 13.2. The number of nitrogens with zero attached hydrogens (tertiary/aromatic N) is 1. The highest BCUT2D eigenvalue weighted by atomic mass is 79.9. The molecule has 2 aromatic rings. The molecule has 0 amide bonds. The fourth-order valence-electron chi connectivity index (χ4n) is 1.57. The maximum absolute atomic E-state index is 13.2. The van der Waals surface area contributed by atoms with Crippen LogP contribution in [0.5, 0.6) is 0 Å². The SMILES string of the molecule is O=[N+]([O-])c1cc(S(=O)(=O)Nc2cccc(Br)c2)ccc1F. The van der Waals surface area contributed by atoms with E-state index >= 15 is 0 Å². The average Bonchev–Trinajstić information content (AvgIpc) is 2.38. The molecule has 0 heterocycles. The normalized spacial score (nSPS) is 11.1. The van der Waals surface area contributed by atoms with Crippen molar-refractivity contribution < 1.29 is 17.7 Å². The predicted octanol–water partition coefficient (Wildman–Crippen LogP) is 3.30. The number of nitrogens with one attached hydrogen (secondary N) is 1. The van der Waals surface area contributed by atoms with Crippen molar-refractivity contribution in [3.8, 4) is 0 Å². The van der Waals surface area contributed by atoms with Crippen LogP contribution in [0, 0.1) is 15.9 Å². The summed E-state index contributed by atoms with van der Waals surface area (Å²) in [6.07, 6.45) is 0. The van der Waals surface area contributed by atoms with Crippen molar-refractivity contribution in [2.75, 3.05) is 4.72 Å². The minimum absolute atomic E-state index is 0.274. The monoisotopic (exact) mass is 374 g/mol. The summed E-state index contributed by atoms with van der Waals surface area (Å²) in [5.41, 5.74) is -0.622. The van der Waals surface area contributed by atoms with Crippen molar-refractivity contribution in [2.24, 2.45) is 0 Å². The lowest BCUT2D eigenvalue weighted by atomic mass is 10.3. The van der Waals surface area contributed by atoms with E-state index in [0.29, 0.717) is 10.5 Å². The molecule has 1 N–H and O–H groups in total. The highest BCUT2D eigenvalue weighted by Gasteiger charge is 2.21. The zero-order chi connectivity index (χ0) is 15.6. The first-order valence-corrected chi connectivity index (χ1v) is 7.79. The Bertz CT molecular complexity index is 811. The Kier molecular flexibility index (Phi) is 4.24. The molecular weight excluding hydrogens is 367 g/mol. The lowest BCUT2D eigenvalue weighted by Gasteiger charge is -2.08.